The molecule has 2 aromatic rings. The van der Waals surface area contributed by atoms with E-state index in [1.54, 1.807) is 12.1 Å². The Morgan fingerprint density at radius 2 is 2.00 bits per heavy atom. The monoisotopic (exact) mass is 230 g/mol. The minimum Gasteiger partial charge on any atom is -0.441 e. The SMILES string of the molecule is O=[N+]([O-])c1ccc(-c2nc3c(o2)CCC3)cc1. The summed E-state index contributed by atoms with van der Waals surface area (Å²) in [7, 11) is 0. The average Bonchev–Trinajstić information content (AvgIpc) is 2.89. The Morgan fingerprint density at radius 1 is 1.24 bits per heavy atom. The first-order valence-corrected chi connectivity index (χ1v) is 5.47. The van der Waals surface area contributed by atoms with E-state index in [0.717, 1.165) is 36.3 Å². The maximum atomic E-state index is 10.5. The van der Waals surface area contributed by atoms with E-state index < -0.39 is 4.92 Å². The van der Waals surface area contributed by atoms with Crippen molar-refractivity contribution in [3.63, 3.8) is 0 Å². The Kier molecular flexibility index (Phi) is 2.18. The molecule has 5 nitrogen and oxygen atoms in total. The average molecular weight is 230 g/mol. The number of non-ortho nitro benzene ring substituents is 1. The number of hydrogen-bond acceptors (Lipinski definition) is 4. The third-order valence-electron chi connectivity index (χ3n) is 2.92. The minimum absolute atomic E-state index is 0.0767. The second-order valence-electron chi connectivity index (χ2n) is 4.05. The zero-order valence-electron chi connectivity index (χ0n) is 9.05. The topological polar surface area (TPSA) is 69.2 Å². The van der Waals surface area contributed by atoms with Crippen LogP contribution in [0.5, 0.6) is 0 Å². The standard InChI is InChI=1S/C12H10N2O3/c15-14(16)9-6-4-8(5-7-9)12-13-10-2-1-3-11(10)17-12/h4-7H,1-3H2. The highest BCUT2D eigenvalue weighted by Crippen LogP contribution is 2.28. The minimum atomic E-state index is -0.417. The van der Waals surface area contributed by atoms with E-state index in [2.05, 4.69) is 4.98 Å². The van der Waals surface area contributed by atoms with E-state index in [-0.39, 0.29) is 5.69 Å². The predicted molar refractivity (Wildman–Crippen MR) is 60.6 cm³/mol. The van der Waals surface area contributed by atoms with Crippen LogP contribution in [0.4, 0.5) is 5.69 Å². The molecule has 0 radical (unpaired) electrons. The molecule has 86 valence electrons. The van der Waals surface area contributed by atoms with Gasteiger partial charge >= 0.3 is 0 Å². The second-order valence-corrected chi connectivity index (χ2v) is 4.05. The molecule has 0 amide bonds. The molecule has 17 heavy (non-hydrogen) atoms. The molecule has 0 saturated carbocycles. The van der Waals surface area contributed by atoms with Crippen LogP contribution in [0, 0.1) is 10.1 Å². The zero-order valence-corrected chi connectivity index (χ0v) is 9.05. The smallest absolute Gasteiger partial charge is 0.269 e. The molecule has 0 atom stereocenters. The van der Waals surface area contributed by atoms with Crippen LogP contribution in [-0.4, -0.2) is 9.91 Å². The third kappa shape index (κ3) is 1.69. The van der Waals surface area contributed by atoms with Crippen molar-refractivity contribution < 1.29 is 9.34 Å². The Bertz CT molecular complexity index is 550. The fourth-order valence-electron chi connectivity index (χ4n) is 2.04. The van der Waals surface area contributed by atoms with Gasteiger partial charge in [-0.15, -0.1) is 0 Å². The van der Waals surface area contributed by atoms with Gasteiger partial charge in [0.15, 0.2) is 0 Å². The molecule has 0 fully saturated rings. The molecule has 1 aliphatic rings. The van der Waals surface area contributed by atoms with Crippen LogP contribution in [-0.2, 0) is 12.8 Å². The summed E-state index contributed by atoms with van der Waals surface area (Å²) in [6.07, 6.45) is 3.00. The van der Waals surface area contributed by atoms with Gasteiger partial charge in [-0.3, -0.25) is 10.1 Å². The summed E-state index contributed by atoms with van der Waals surface area (Å²) < 4.78 is 5.63. The normalized spacial score (nSPS) is 13.6. The fraction of sp³-hybridized carbons (Fsp3) is 0.250. The Labute approximate surface area is 97.2 Å². The summed E-state index contributed by atoms with van der Waals surface area (Å²) in [5.74, 6) is 1.52. The van der Waals surface area contributed by atoms with Crippen LogP contribution < -0.4 is 0 Å². The number of nitro benzene ring substituents is 1. The van der Waals surface area contributed by atoms with Gasteiger partial charge in [0.25, 0.3) is 5.69 Å². The van der Waals surface area contributed by atoms with Crippen LogP contribution >= 0.6 is 0 Å². The lowest BCUT2D eigenvalue weighted by molar-refractivity contribution is -0.384. The molecular weight excluding hydrogens is 220 g/mol. The second kappa shape index (κ2) is 3.69. The maximum absolute atomic E-state index is 10.5. The van der Waals surface area contributed by atoms with E-state index in [1.807, 2.05) is 0 Å². The Hall–Kier alpha value is -2.17. The van der Waals surface area contributed by atoms with Gasteiger partial charge in [-0.25, -0.2) is 4.98 Å². The molecule has 0 bridgehead atoms. The van der Waals surface area contributed by atoms with Crippen molar-refractivity contribution in [1.29, 1.82) is 0 Å². The summed E-state index contributed by atoms with van der Waals surface area (Å²) in [6.45, 7) is 0. The number of benzene rings is 1. The highest BCUT2D eigenvalue weighted by molar-refractivity contribution is 5.56. The van der Waals surface area contributed by atoms with Crippen LogP contribution in [0.25, 0.3) is 11.5 Å². The van der Waals surface area contributed by atoms with Crippen LogP contribution in [0.1, 0.15) is 17.9 Å². The Balaban J connectivity index is 1.95. The predicted octanol–water partition coefficient (Wildman–Crippen LogP) is 2.74. The van der Waals surface area contributed by atoms with Gasteiger partial charge in [0.1, 0.15) is 5.76 Å². The van der Waals surface area contributed by atoms with Crippen molar-refractivity contribution in [1.82, 2.24) is 4.98 Å². The largest absolute Gasteiger partial charge is 0.441 e. The molecule has 0 aliphatic heterocycles. The molecule has 5 heteroatoms. The zero-order chi connectivity index (χ0) is 11.8. The van der Waals surface area contributed by atoms with Gasteiger partial charge in [0.2, 0.25) is 5.89 Å². The number of nitro groups is 1. The summed E-state index contributed by atoms with van der Waals surface area (Å²) >= 11 is 0. The fourth-order valence-corrected chi connectivity index (χ4v) is 2.04. The molecule has 0 unspecified atom stereocenters. The molecular formula is C12H10N2O3. The van der Waals surface area contributed by atoms with Crippen LogP contribution in [0.2, 0.25) is 0 Å². The summed E-state index contributed by atoms with van der Waals surface area (Å²) in [5.41, 5.74) is 1.89. The van der Waals surface area contributed by atoms with Gasteiger partial charge in [0.05, 0.1) is 10.6 Å². The van der Waals surface area contributed by atoms with Gasteiger partial charge in [-0.1, -0.05) is 0 Å². The van der Waals surface area contributed by atoms with Gasteiger partial charge < -0.3 is 4.42 Å². The summed E-state index contributed by atoms with van der Waals surface area (Å²) in [5, 5.41) is 10.5. The number of aryl methyl sites for hydroxylation is 2. The molecule has 1 aromatic heterocycles. The van der Waals surface area contributed by atoms with Crippen LogP contribution in [0.15, 0.2) is 28.7 Å². The number of fused-ring (bicyclic) bond motifs is 1. The Morgan fingerprint density at radius 3 is 2.65 bits per heavy atom. The van der Waals surface area contributed by atoms with E-state index >= 15 is 0 Å². The first-order valence-electron chi connectivity index (χ1n) is 5.47. The molecule has 0 saturated heterocycles. The van der Waals surface area contributed by atoms with Crippen LogP contribution in [0.3, 0.4) is 0 Å². The van der Waals surface area contributed by atoms with Gasteiger partial charge in [0, 0.05) is 24.1 Å². The van der Waals surface area contributed by atoms with Crippen molar-refractivity contribution in [2.75, 3.05) is 0 Å². The number of rotatable bonds is 2. The van der Waals surface area contributed by atoms with E-state index in [9.17, 15) is 10.1 Å². The van der Waals surface area contributed by atoms with Crippen molar-refractivity contribution in [3.05, 3.63) is 45.8 Å². The first-order chi connectivity index (χ1) is 8.24. The lowest BCUT2D eigenvalue weighted by Gasteiger charge is -1.95. The molecule has 1 heterocycles. The molecule has 0 spiro atoms. The summed E-state index contributed by atoms with van der Waals surface area (Å²) in [6, 6.07) is 6.26. The number of hydrogen-bond donors (Lipinski definition) is 0. The first kappa shape index (κ1) is 10.0. The van der Waals surface area contributed by atoms with Crippen molar-refractivity contribution >= 4 is 5.69 Å². The lowest BCUT2D eigenvalue weighted by Crippen LogP contribution is -1.87. The van der Waals surface area contributed by atoms with E-state index in [1.165, 1.54) is 12.1 Å². The third-order valence-corrected chi connectivity index (χ3v) is 2.92. The molecule has 0 N–H and O–H groups in total. The van der Waals surface area contributed by atoms with E-state index in [4.69, 9.17) is 4.42 Å². The lowest BCUT2D eigenvalue weighted by atomic mass is 10.2. The molecule has 1 aromatic carbocycles. The maximum Gasteiger partial charge on any atom is 0.269 e. The van der Waals surface area contributed by atoms with Crippen molar-refractivity contribution in [2.45, 2.75) is 19.3 Å². The highest BCUT2D eigenvalue weighted by atomic mass is 16.6. The number of oxazole rings is 1. The van der Waals surface area contributed by atoms with Gasteiger partial charge in [-0.05, 0) is 25.0 Å². The van der Waals surface area contributed by atoms with E-state index in [0.29, 0.717) is 5.89 Å². The summed E-state index contributed by atoms with van der Waals surface area (Å²) in [4.78, 5) is 14.5. The van der Waals surface area contributed by atoms with Crippen molar-refractivity contribution in [2.24, 2.45) is 0 Å². The molecule has 1 aliphatic carbocycles. The number of aromatic nitrogens is 1. The number of nitrogens with zero attached hydrogens (tertiary/aromatic N) is 2. The van der Waals surface area contributed by atoms with Gasteiger partial charge in [-0.2, -0.15) is 0 Å². The molecule has 3 rings (SSSR count). The quantitative estimate of drug-likeness (QED) is 0.587. The van der Waals surface area contributed by atoms with Crippen molar-refractivity contribution in [3.8, 4) is 11.5 Å². The highest BCUT2D eigenvalue weighted by Gasteiger charge is 2.19.